The average Bonchev–Trinajstić information content (AvgIpc) is 3.62. The number of aliphatic hydroxyl groups is 3. The van der Waals surface area contributed by atoms with Gasteiger partial charge in [0.1, 0.15) is 30.0 Å². The summed E-state index contributed by atoms with van der Waals surface area (Å²) in [4.78, 5) is 13.1. The summed E-state index contributed by atoms with van der Waals surface area (Å²) in [5.74, 6) is -8.98. The normalized spacial score (nSPS) is 28.4. The van der Waals surface area contributed by atoms with E-state index in [1.807, 2.05) is 30.3 Å². The molecule has 0 bridgehead atoms. The van der Waals surface area contributed by atoms with Crippen molar-refractivity contribution in [3.05, 3.63) is 83.8 Å². The number of aromatic nitrogens is 3. The van der Waals surface area contributed by atoms with E-state index in [0.717, 1.165) is 27.6 Å². The number of carbonyl (C=O) groups is 1. The van der Waals surface area contributed by atoms with Crippen LogP contribution in [0.3, 0.4) is 0 Å². The molecule has 1 spiro atoms. The van der Waals surface area contributed by atoms with Gasteiger partial charge in [-0.1, -0.05) is 47.7 Å². The number of carbonyl (C=O) groups excluding carboxylic acids is 1. The van der Waals surface area contributed by atoms with Crippen LogP contribution in [-0.4, -0.2) is 73.5 Å². The van der Waals surface area contributed by atoms with Gasteiger partial charge in [-0.25, -0.2) is 17.9 Å². The van der Waals surface area contributed by atoms with Crippen LogP contribution < -0.4 is 5.73 Å². The highest BCUT2D eigenvalue weighted by Crippen LogP contribution is 2.51. The van der Waals surface area contributed by atoms with Gasteiger partial charge in [-0.05, 0) is 34.9 Å². The van der Waals surface area contributed by atoms with Gasteiger partial charge in [0.2, 0.25) is 11.7 Å². The number of aliphatic hydroxyl groups excluding tert-OH is 3. The number of rotatable bonds is 6. The molecule has 4 aromatic rings. The Hall–Kier alpha value is -3.88. The molecule has 2 aliphatic heterocycles. The molecule has 2 aliphatic rings. The van der Waals surface area contributed by atoms with Gasteiger partial charge in [0.05, 0.1) is 25.3 Å². The zero-order valence-corrected chi connectivity index (χ0v) is 22.0. The Morgan fingerprint density at radius 1 is 1.12 bits per heavy atom. The predicted molar refractivity (Wildman–Crippen MR) is 141 cm³/mol. The van der Waals surface area contributed by atoms with Crippen LogP contribution in [0.25, 0.3) is 22.0 Å². The molecule has 220 valence electrons. The molecule has 2 fully saturated rings. The molecular weight excluding hydrogens is 557 g/mol. The smallest absolute Gasteiger partial charge is 0.225 e. The third-order valence-corrected chi connectivity index (χ3v) is 8.22. The van der Waals surface area contributed by atoms with Crippen molar-refractivity contribution in [2.24, 2.45) is 11.7 Å². The maximum Gasteiger partial charge on any atom is 0.225 e. The van der Waals surface area contributed by atoms with Gasteiger partial charge >= 0.3 is 0 Å². The number of fused-ring (bicyclic) bond motifs is 1. The molecule has 6 rings (SSSR count). The highest BCUT2D eigenvalue weighted by Gasteiger charge is 2.63. The molecule has 5 N–H and O–H groups in total. The summed E-state index contributed by atoms with van der Waals surface area (Å²) in [5.41, 5.74) is 6.35. The molecule has 1 aromatic heterocycles. The summed E-state index contributed by atoms with van der Waals surface area (Å²) in [6.07, 6.45) is -3.09. The van der Waals surface area contributed by atoms with Gasteiger partial charge in [0, 0.05) is 11.5 Å². The number of nitrogens with two attached hydrogens (primary N) is 1. The Morgan fingerprint density at radius 2 is 1.83 bits per heavy atom. The number of halogens is 3. The van der Waals surface area contributed by atoms with Crippen molar-refractivity contribution >= 4 is 16.7 Å². The molecule has 1 unspecified atom stereocenters. The van der Waals surface area contributed by atoms with E-state index in [0.29, 0.717) is 5.56 Å². The fourth-order valence-corrected chi connectivity index (χ4v) is 6.29. The number of ether oxygens (including phenoxy) is 2. The molecule has 0 aliphatic carbocycles. The van der Waals surface area contributed by atoms with Crippen molar-refractivity contribution in [3.8, 4) is 11.3 Å². The van der Waals surface area contributed by atoms with Crippen LogP contribution in [0.5, 0.6) is 0 Å². The Bertz CT molecular complexity index is 1620. The van der Waals surface area contributed by atoms with Crippen LogP contribution in [0.4, 0.5) is 13.2 Å². The zero-order chi connectivity index (χ0) is 29.8. The molecule has 0 saturated carbocycles. The van der Waals surface area contributed by atoms with Gasteiger partial charge in [-0.2, -0.15) is 0 Å². The van der Waals surface area contributed by atoms with Gasteiger partial charge in [0.15, 0.2) is 17.5 Å². The molecule has 3 heterocycles. The zero-order valence-electron chi connectivity index (χ0n) is 22.0. The second-order valence-electron chi connectivity index (χ2n) is 10.5. The first-order chi connectivity index (χ1) is 20.2. The van der Waals surface area contributed by atoms with E-state index in [1.165, 1.54) is 6.20 Å². The van der Waals surface area contributed by atoms with Crippen molar-refractivity contribution in [1.29, 1.82) is 0 Å². The SMILES string of the molecule is NC(=O)C(c1cccc2ccccc12)[C@H]1CCO[C@]12O[C@H](CO)[C@H](O)[C@H](n1cc(-c3cc(F)c(F)c(F)c3)nn1)[C@H]2O. The van der Waals surface area contributed by atoms with Gasteiger partial charge in [-0.3, -0.25) is 4.79 Å². The minimum absolute atomic E-state index is 0.0635. The van der Waals surface area contributed by atoms with Crippen LogP contribution in [0, 0.1) is 23.4 Å². The van der Waals surface area contributed by atoms with Crippen molar-refractivity contribution in [1.82, 2.24) is 15.0 Å². The van der Waals surface area contributed by atoms with Gasteiger partial charge < -0.3 is 30.5 Å². The number of nitrogens with zero attached hydrogens (tertiary/aromatic N) is 3. The largest absolute Gasteiger partial charge is 0.394 e. The second-order valence-corrected chi connectivity index (χ2v) is 10.5. The van der Waals surface area contributed by atoms with Crippen molar-refractivity contribution in [3.63, 3.8) is 0 Å². The van der Waals surface area contributed by atoms with Crippen LogP contribution in [0.15, 0.2) is 60.8 Å². The summed E-state index contributed by atoms with van der Waals surface area (Å²) in [6.45, 7) is -0.623. The van der Waals surface area contributed by atoms with E-state index >= 15 is 0 Å². The fourth-order valence-electron chi connectivity index (χ4n) is 6.29. The molecule has 2 saturated heterocycles. The first kappa shape index (κ1) is 28.2. The van der Waals surface area contributed by atoms with Crippen molar-refractivity contribution in [2.45, 2.75) is 42.5 Å². The van der Waals surface area contributed by atoms with E-state index in [4.69, 9.17) is 15.2 Å². The monoisotopic (exact) mass is 584 g/mol. The minimum Gasteiger partial charge on any atom is -0.394 e. The lowest BCUT2D eigenvalue weighted by atomic mass is 9.73. The van der Waals surface area contributed by atoms with Gasteiger partial charge in [-0.15, -0.1) is 5.10 Å². The minimum atomic E-state index is -1.92. The Balaban J connectivity index is 1.42. The van der Waals surface area contributed by atoms with Crippen LogP contribution in [0.2, 0.25) is 0 Å². The van der Waals surface area contributed by atoms with E-state index in [9.17, 15) is 33.3 Å². The third-order valence-electron chi connectivity index (χ3n) is 8.22. The highest BCUT2D eigenvalue weighted by molar-refractivity contribution is 5.92. The Labute approximate surface area is 237 Å². The number of amides is 1. The Morgan fingerprint density at radius 3 is 2.55 bits per heavy atom. The Kier molecular flexibility index (Phi) is 7.23. The third kappa shape index (κ3) is 4.44. The van der Waals surface area contributed by atoms with Crippen LogP contribution in [-0.2, 0) is 14.3 Å². The topological polar surface area (TPSA) is 153 Å². The van der Waals surface area contributed by atoms with E-state index in [2.05, 4.69) is 10.3 Å². The quantitative estimate of drug-likeness (QED) is 0.252. The standard InChI is InChI=1S/C29H27F3N4O6/c30-19-10-15(11-20(31)24(19)32)21-12-36(35-34-21)25-26(38)22(13-37)42-29(27(25)39)18(8-9-41-29)23(28(33)40)17-7-3-5-14-4-1-2-6-16(14)17/h1-7,10-12,18,22-23,25-27,37-39H,8-9,13H2,(H2,33,40)/t18-,22-,23?,25+,26+,27-,29+/m1/s1. The molecule has 10 nitrogen and oxygen atoms in total. The number of hydrogen-bond donors (Lipinski definition) is 4. The van der Waals surface area contributed by atoms with E-state index in [-0.39, 0.29) is 24.3 Å². The average molecular weight is 585 g/mol. The maximum atomic E-state index is 13.9. The summed E-state index contributed by atoms with van der Waals surface area (Å²) in [7, 11) is 0. The lowest BCUT2D eigenvalue weighted by molar-refractivity contribution is -0.354. The molecule has 7 atom stereocenters. The van der Waals surface area contributed by atoms with E-state index < -0.39 is 71.9 Å². The molecule has 3 aromatic carbocycles. The molecular formula is C29H27F3N4O6. The summed E-state index contributed by atoms with van der Waals surface area (Å²) in [5, 5.41) is 42.6. The summed E-state index contributed by atoms with van der Waals surface area (Å²) >= 11 is 0. The number of hydrogen-bond acceptors (Lipinski definition) is 8. The molecule has 1 amide bonds. The number of primary amides is 1. The van der Waals surface area contributed by atoms with Gasteiger partial charge in [0.25, 0.3) is 0 Å². The maximum absolute atomic E-state index is 13.9. The first-order valence-corrected chi connectivity index (χ1v) is 13.3. The predicted octanol–water partition coefficient (Wildman–Crippen LogP) is 2.17. The van der Waals surface area contributed by atoms with Crippen molar-refractivity contribution < 1.29 is 42.8 Å². The summed E-state index contributed by atoms with van der Waals surface area (Å²) in [6, 6.07) is 13.0. The van der Waals surface area contributed by atoms with Crippen LogP contribution >= 0.6 is 0 Å². The summed E-state index contributed by atoms with van der Waals surface area (Å²) < 4.78 is 54.5. The highest BCUT2D eigenvalue weighted by atomic mass is 19.2. The van der Waals surface area contributed by atoms with Crippen molar-refractivity contribution in [2.75, 3.05) is 13.2 Å². The molecule has 42 heavy (non-hydrogen) atoms. The number of benzene rings is 3. The first-order valence-electron chi connectivity index (χ1n) is 13.3. The lowest BCUT2D eigenvalue weighted by Crippen LogP contribution is -2.66. The second kappa shape index (κ2) is 10.7. The lowest BCUT2D eigenvalue weighted by Gasteiger charge is -2.50. The molecule has 0 radical (unpaired) electrons. The van der Waals surface area contributed by atoms with Crippen LogP contribution in [0.1, 0.15) is 23.9 Å². The van der Waals surface area contributed by atoms with E-state index in [1.54, 1.807) is 12.1 Å². The molecule has 13 heteroatoms. The fraction of sp³-hybridized carbons (Fsp3) is 0.345.